The summed E-state index contributed by atoms with van der Waals surface area (Å²) in [6, 6.07) is 5.28. The molecule has 1 unspecified atom stereocenters. The first-order valence-corrected chi connectivity index (χ1v) is 8.24. The Balaban J connectivity index is 0.00000338. The number of likely N-dealkylation sites (tertiary alicyclic amines) is 1. The number of nitrogens with one attached hydrogen (secondary N) is 2. The van der Waals surface area contributed by atoms with E-state index in [1.807, 2.05) is 6.92 Å². The Morgan fingerprint density at radius 2 is 2.12 bits per heavy atom. The van der Waals surface area contributed by atoms with E-state index in [-0.39, 0.29) is 42.5 Å². The third-order valence-corrected chi connectivity index (χ3v) is 4.12. The van der Waals surface area contributed by atoms with Gasteiger partial charge in [0, 0.05) is 39.1 Å². The fourth-order valence-corrected chi connectivity index (χ4v) is 2.76. The molecule has 0 aromatic heterocycles. The summed E-state index contributed by atoms with van der Waals surface area (Å²) < 4.78 is 38.2. The molecule has 1 aromatic rings. The van der Waals surface area contributed by atoms with E-state index in [2.05, 4.69) is 15.6 Å². The molecule has 1 saturated heterocycles. The minimum Gasteiger partial charge on any atom is -0.352 e. The Hall–Kier alpha value is -1.52. The van der Waals surface area contributed by atoms with Gasteiger partial charge in [-0.1, -0.05) is 19.1 Å². The minimum absolute atomic E-state index is 0. The summed E-state index contributed by atoms with van der Waals surface area (Å²) in [7, 11) is 1.60. The Bertz CT molecular complexity index is 637. The molecule has 2 N–H and O–H groups in total. The molecule has 1 atom stereocenters. The number of rotatable bonds is 4. The summed E-state index contributed by atoms with van der Waals surface area (Å²) >= 11 is 0. The summed E-state index contributed by atoms with van der Waals surface area (Å²) in [5, 5.41) is 6.23. The lowest BCUT2D eigenvalue weighted by atomic mass is 10.1. The van der Waals surface area contributed by atoms with Crippen molar-refractivity contribution in [2.45, 2.75) is 38.5 Å². The van der Waals surface area contributed by atoms with Crippen LogP contribution in [-0.2, 0) is 17.5 Å². The zero-order chi connectivity index (χ0) is 18.4. The molecule has 0 bridgehead atoms. The van der Waals surface area contributed by atoms with Crippen LogP contribution >= 0.6 is 24.0 Å². The van der Waals surface area contributed by atoms with Crippen molar-refractivity contribution in [3.63, 3.8) is 0 Å². The zero-order valence-corrected chi connectivity index (χ0v) is 17.1. The second-order valence-electron chi connectivity index (χ2n) is 5.95. The Morgan fingerprint density at radius 3 is 2.73 bits per heavy atom. The average molecular weight is 484 g/mol. The molecule has 146 valence electrons. The molecule has 2 rings (SSSR count). The van der Waals surface area contributed by atoms with Crippen LogP contribution in [0.25, 0.3) is 0 Å². The van der Waals surface area contributed by atoms with Crippen LogP contribution in [-0.4, -0.2) is 42.9 Å². The number of carbonyl (C=O) groups is 1. The number of aliphatic imine (C=N–C) groups is 1. The number of benzene rings is 1. The van der Waals surface area contributed by atoms with Crippen LogP contribution in [0.3, 0.4) is 0 Å². The molecule has 1 heterocycles. The Kier molecular flexibility index (Phi) is 8.65. The van der Waals surface area contributed by atoms with Gasteiger partial charge >= 0.3 is 6.18 Å². The molecule has 0 radical (unpaired) electrons. The van der Waals surface area contributed by atoms with Crippen molar-refractivity contribution >= 4 is 35.8 Å². The van der Waals surface area contributed by atoms with Crippen molar-refractivity contribution in [3.05, 3.63) is 35.4 Å². The number of guanidine groups is 1. The lowest BCUT2D eigenvalue weighted by Gasteiger charge is -2.19. The second-order valence-corrected chi connectivity index (χ2v) is 5.95. The quantitative estimate of drug-likeness (QED) is 0.393. The first-order chi connectivity index (χ1) is 11.8. The highest BCUT2D eigenvalue weighted by molar-refractivity contribution is 14.0. The van der Waals surface area contributed by atoms with Crippen molar-refractivity contribution in [1.82, 2.24) is 15.5 Å². The van der Waals surface area contributed by atoms with Crippen LogP contribution in [0.5, 0.6) is 0 Å². The Labute approximate surface area is 168 Å². The van der Waals surface area contributed by atoms with E-state index >= 15 is 0 Å². The van der Waals surface area contributed by atoms with Crippen molar-refractivity contribution in [2.75, 3.05) is 20.1 Å². The van der Waals surface area contributed by atoms with Gasteiger partial charge in [-0.05, 0) is 24.1 Å². The van der Waals surface area contributed by atoms with E-state index in [0.717, 1.165) is 18.6 Å². The highest BCUT2D eigenvalue weighted by Crippen LogP contribution is 2.29. The lowest BCUT2D eigenvalue weighted by molar-refractivity contribution is -0.137. The zero-order valence-electron chi connectivity index (χ0n) is 14.8. The van der Waals surface area contributed by atoms with Gasteiger partial charge in [0.25, 0.3) is 0 Å². The van der Waals surface area contributed by atoms with E-state index in [1.54, 1.807) is 18.0 Å². The number of halogens is 4. The van der Waals surface area contributed by atoms with E-state index in [1.165, 1.54) is 6.07 Å². The number of amides is 1. The number of hydrogen-bond acceptors (Lipinski definition) is 2. The predicted molar refractivity (Wildman–Crippen MR) is 105 cm³/mol. The van der Waals surface area contributed by atoms with Crippen LogP contribution in [0, 0.1) is 0 Å². The van der Waals surface area contributed by atoms with Gasteiger partial charge < -0.3 is 15.5 Å². The van der Waals surface area contributed by atoms with Crippen molar-refractivity contribution in [1.29, 1.82) is 0 Å². The van der Waals surface area contributed by atoms with Crippen LogP contribution < -0.4 is 10.6 Å². The van der Waals surface area contributed by atoms with Crippen LogP contribution in [0.1, 0.15) is 30.9 Å². The molecular weight excluding hydrogens is 460 g/mol. The monoisotopic (exact) mass is 484 g/mol. The Morgan fingerprint density at radius 1 is 1.38 bits per heavy atom. The van der Waals surface area contributed by atoms with E-state index in [9.17, 15) is 18.0 Å². The highest BCUT2D eigenvalue weighted by atomic mass is 127. The number of hydrogen-bond donors (Lipinski definition) is 2. The fraction of sp³-hybridized carbons (Fsp3) is 0.529. The maximum absolute atomic E-state index is 12.7. The van der Waals surface area contributed by atoms with Gasteiger partial charge in [0.05, 0.1) is 5.56 Å². The molecule has 26 heavy (non-hydrogen) atoms. The van der Waals surface area contributed by atoms with Gasteiger partial charge in [-0.25, -0.2) is 0 Å². The summed E-state index contributed by atoms with van der Waals surface area (Å²) in [5.74, 6) is 0.629. The third kappa shape index (κ3) is 6.33. The van der Waals surface area contributed by atoms with Gasteiger partial charge in [0.15, 0.2) is 5.96 Å². The van der Waals surface area contributed by atoms with Gasteiger partial charge in [0.2, 0.25) is 5.91 Å². The molecule has 0 saturated carbocycles. The topological polar surface area (TPSA) is 56.7 Å². The number of nitrogens with zero attached hydrogens (tertiary/aromatic N) is 2. The van der Waals surface area contributed by atoms with Gasteiger partial charge in [-0.15, -0.1) is 24.0 Å². The summed E-state index contributed by atoms with van der Waals surface area (Å²) in [6.45, 7) is 3.37. The minimum atomic E-state index is -4.35. The molecule has 5 nitrogen and oxygen atoms in total. The van der Waals surface area contributed by atoms with Crippen molar-refractivity contribution in [3.8, 4) is 0 Å². The van der Waals surface area contributed by atoms with Crippen molar-refractivity contribution < 1.29 is 18.0 Å². The predicted octanol–water partition coefficient (Wildman–Crippen LogP) is 3.00. The molecule has 1 aliphatic rings. The maximum Gasteiger partial charge on any atom is 0.416 e. The largest absolute Gasteiger partial charge is 0.416 e. The second kappa shape index (κ2) is 9.98. The lowest BCUT2D eigenvalue weighted by Crippen LogP contribution is -2.44. The number of carbonyl (C=O) groups excluding carboxylic acids is 1. The average Bonchev–Trinajstić information content (AvgIpc) is 3.06. The molecule has 1 aromatic carbocycles. The van der Waals surface area contributed by atoms with Crippen LogP contribution in [0.2, 0.25) is 0 Å². The van der Waals surface area contributed by atoms with E-state index < -0.39 is 11.7 Å². The fourth-order valence-electron chi connectivity index (χ4n) is 2.76. The van der Waals surface area contributed by atoms with Gasteiger partial charge in [-0.3, -0.25) is 9.79 Å². The standard InChI is InChI=1S/C17H23F3N4O.HI/c1-3-15(25)24-8-7-14(11-24)23-16(21-2)22-10-12-5-4-6-13(9-12)17(18,19)20;/h4-6,9,14H,3,7-8,10-11H2,1-2H3,(H2,21,22,23);1H. The van der Waals surface area contributed by atoms with Gasteiger partial charge in [0.1, 0.15) is 0 Å². The van der Waals surface area contributed by atoms with Crippen molar-refractivity contribution in [2.24, 2.45) is 4.99 Å². The van der Waals surface area contributed by atoms with E-state index in [0.29, 0.717) is 31.0 Å². The van der Waals surface area contributed by atoms with Gasteiger partial charge in [-0.2, -0.15) is 13.2 Å². The summed E-state index contributed by atoms with van der Waals surface area (Å²) in [6.07, 6.45) is -3.06. The maximum atomic E-state index is 12.7. The SMILES string of the molecule is CCC(=O)N1CCC(NC(=NC)NCc2cccc(C(F)(F)F)c2)C1.I. The van der Waals surface area contributed by atoms with Crippen LogP contribution in [0.4, 0.5) is 13.2 Å². The molecule has 1 aliphatic heterocycles. The first kappa shape index (κ1) is 22.5. The van der Waals surface area contributed by atoms with E-state index in [4.69, 9.17) is 0 Å². The normalized spacial score (nSPS) is 17.7. The highest BCUT2D eigenvalue weighted by Gasteiger charge is 2.30. The summed E-state index contributed by atoms with van der Waals surface area (Å²) in [5.41, 5.74) is -0.147. The molecular formula is C17H24F3IN4O. The molecule has 9 heteroatoms. The molecule has 0 spiro atoms. The first-order valence-electron chi connectivity index (χ1n) is 8.24. The van der Waals surface area contributed by atoms with Crippen LogP contribution in [0.15, 0.2) is 29.3 Å². The summed E-state index contributed by atoms with van der Waals surface area (Å²) in [4.78, 5) is 17.6. The molecule has 0 aliphatic carbocycles. The molecule has 1 fully saturated rings. The smallest absolute Gasteiger partial charge is 0.352 e. The molecule has 1 amide bonds. The third-order valence-electron chi connectivity index (χ3n) is 4.12. The number of alkyl halides is 3.